The van der Waals surface area contributed by atoms with Crippen molar-refractivity contribution < 1.29 is 0 Å². The number of fused-ring (bicyclic) bond motifs is 6. The Balaban J connectivity index is 1.69. The number of benzene rings is 2. The smallest absolute Gasteiger partial charge is 0.0795 e. The average molecular weight is 421 g/mol. The summed E-state index contributed by atoms with van der Waals surface area (Å²) < 4.78 is 1.32. The molecule has 0 spiro atoms. The number of hydrogen-bond donors (Lipinski definition) is 0. The van der Waals surface area contributed by atoms with E-state index in [0.29, 0.717) is 0 Å². The zero-order valence-electron chi connectivity index (χ0n) is 18.1. The van der Waals surface area contributed by atoms with Gasteiger partial charge < -0.3 is 0 Å². The molecule has 2 nitrogen and oxygen atoms in total. The van der Waals surface area contributed by atoms with Crippen LogP contribution in [0.5, 0.6) is 0 Å². The monoisotopic (exact) mass is 420 g/mol. The van der Waals surface area contributed by atoms with Gasteiger partial charge in [-0.3, -0.25) is 9.97 Å². The van der Waals surface area contributed by atoms with Gasteiger partial charge in [0.2, 0.25) is 0 Å². The lowest BCUT2D eigenvalue weighted by molar-refractivity contribution is 0.596. The van der Waals surface area contributed by atoms with Crippen LogP contribution in [0.15, 0.2) is 67.1 Å². The van der Waals surface area contributed by atoms with Crippen molar-refractivity contribution in [3.05, 3.63) is 83.1 Å². The van der Waals surface area contributed by atoms with Gasteiger partial charge >= 0.3 is 0 Å². The topological polar surface area (TPSA) is 25.8 Å². The van der Waals surface area contributed by atoms with E-state index in [4.69, 9.17) is 4.98 Å². The summed E-state index contributed by atoms with van der Waals surface area (Å²) in [5, 5.41) is 3.88. The summed E-state index contributed by atoms with van der Waals surface area (Å²) in [6.45, 7) is 6.88. The quantitative estimate of drug-likeness (QED) is 0.279. The molecular weight excluding hydrogens is 396 g/mol. The average Bonchev–Trinajstić information content (AvgIpc) is 3.17. The lowest BCUT2D eigenvalue weighted by atomic mass is 9.81. The predicted octanol–water partition coefficient (Wildman–Crippen LogP) is 7.57. The van der Waals surface area contributed by atoms with Crippen LogP contribution in [-0.4, -0.2) is 9.97 Å². The zero-order chi connectivity index (χ0) is 21.2. The maximum Gasteiger partial charge on any atom is 0.0795 e. The lowest BCUT2D eigenvalue weighted by Crippen LogP contribution is -2.12. The minimum atomic E-state index is 0.0497. The van der Waals surface area contributed by atoms with E-state index in [1.54, 1.807) is 0 Å². The second-order valence-corrected chi connectivity index (χ2v) is 10.6. The highest BCUT2D eigenvalue weighted by molar-refractivity contribution is 7.19. The minimum absolute atomic E-state index is 0.0497. The highest BCUT2D eigenvalue weighted by Crippen LogP contribution is 2.47. The molecule has 1 aliphatic rings. The van der Waals surface area contributed by atoms with Crippen molar-refractivity contribution in [1.82, 2.24) is 9.97 Å². The van der Waals surface area contributed by atoms with E-state index in [0.717, 1.165) is 18.5 Å². The van der Waals surface area contributed by atoms with Crippen LogP contribution in [0.25, 0.3) is 43.2 Å². The van der Waals surface area contributed by atoms with Crippen molar-refractivity contribution in [3.63, 3.8) is 0 Å². The first-order chi connectivity index (χ1) is 15.0. The normalized spacial score (nSPS) is 13.4. The summed E-state index contributed by atoms with van der Waals surface area (Å²) >= 11 is 1.92. The van der Waals surface area contributed by atoms with Gasteiger partial charge in [-0.25, -0.2) is 0 Å². The molecule has 2 aromatic carbocycles. The van der Waals surface area contributed by atoms with Crippen LogP contribution in [0, 0.1) is 0 Å². The summed E-state index contributed by atoms with van der Waals surface area (Å²) in [4.78, 5) is 10.9. The Labute approximate surface area is 186 Å². The Morgan fingerprint density at radius 2 is 1.81 bits per heavy atom. The van der Waals surface area contributed by atoms with E-state index in [-0.39, 0.29) is 5.41 Å². The van der Waals surface area contributed by atoms with Crippen LogP contribution in [0.1, 0.15) is 36.8 Å². The Morgan fingerprint density at radius 3 is 2.68 bits per heavy atom. The molecule has 3 aromatic heterocycles. The molecule has 6 rings (SSSR count). The molecule has 3 heteroatoms. The molecule has 0 saturated heterocycles. The molecule has 31 heavy (non-hydrogen) atoms. The molecule has 0 atom stereocenters. The zero-order valence-corrected chi connectivity index (χ0v) is 18.9. The standard InChI is InChI=1S/C28H24N2S/c1-28(2,3)22-15-19(14-18-6-4-5-7-20(18)22)27-26-24(11-13-30-27)31-23-9-8-17-10-12-29-16-21(17)25(23)26/h4-7,10-16H,8-9H2,1-3H3. The highest BCUT2D eigenvalue weighted by atomic mass is 32.1. The molecule has 152 valence electrons. The lowest BCUT2D eigenvalue weighted by Gasteiger charge is -2.23. The molecule has 1 aliphatic carbocycles. The second kappa shape index (κ2) is 6.73. The summed E-state index contributed by atoms with van der Waals surface area (Å²) in [6.07, 6.45) is 8.10. The molecule has 3 heterocycles. The van der Waals surface area contributed by atoms with Gasteiger partial charge in [0.1, 0.15) is 0 Å². The van der Waals surface area contributed by atoms with Gasteiger partial charge in [-0.2, -0.15) is 0 Å². The van der Waals surface area contributed by atoms with E-state index in [9.17, 15) is 0 Å². The van der Waals surface area contributed by atoms with Crippen LogP contribution < -0.4 is 0 Å². The maximum atomic E-state index is 4.95. The van der Waals surface area contributed by atoms with Crippen LogP contribution in [-0.2, 0) is 18.3 Å². The van der Waals surface area contributed by atoms with Crippen molar-refractivity contribution in [2.24, 2.45) is 0 Å². The van der Waals surface area contributed by atoms with Crippen LogP contribution >= 0.6 is 11.3 Å². The van der Waals surface area contributed by atoms with Crippen molar-refractivity contribution in [1.29, 1.82) is 0 Å². The van der Waals surface area contributed by atoms with Crippen LogP contribution in [0.3, 0.4) is 0 Å². The third kappa shape index (κ3) is 2.91. The first kappa shape index (κ1) is 18.7. The third-order valence-corrected chi connectivity index (χ3v) is 7.63. The maximum absolute atomic E-state index is 4.95. The van der Waals surface area contributed by atoms with Crippen LogP contribution in [0.4, 0.5) is 0 Å². The Morgan fingerprint density at radius 1 is 0.935 bits per heavy atom. The first-order valence-electron chi connectivity index (χ1n) is 10.9. The van der Waals surface area contributed by atoms with Crippen molar-refractivity contribution in [2.75, 3.05) is 0 Å². The summed E-state index contributed by atoms with van der Waals surface area (Å²) in [5.41, 5.74) is 7.72. The van der Waals surface area contributed by atoms with E-state index in [2.05, 4.69) is 74.3 Å². The Hall–Kier alpha value is -3.04. The molecule has 0 radical (unpaired) electrons. The summed E-state index contributed by atoms with van der Waals surface area (Å²) in [6, 6.07) is 17.7. The van der Waals surface area contributed by atoms with Crippen molar-refractivity contribution in [3.8, 4) is 22.4 Å². The number of nitrogens with zero attached hydrogens (tertiary/aromatic N) is 2. The molecule has 0 saturated carbocycles. The molecule has 5 aromatic rings. The molecule has 0 bridgehead atoms. The van der Waals surface area contributed by atoms with E-state index in [1.807, 2.05) is 29.9 Å². The SMILES string of the molecule is CC(C)(C)c1cc(-c2nccc3sc4c(c23)-c2cnccc2CC4)cc2ccccc12. The highest BCUT2D eigenvalue weighted by Gasteiger charge is 2.25. The largest absolute Gasteiger partial charge is 0.264 e. The fourth-order valence-corrected chi connectivity index (χ4v) is 6.17. The predicted molar refractivity (Wildman–Crippen MR) is 132 cm³/mol. The van der Waals surface area contributed by atoms with E-state index >= 15 is 0 Å². The fourth-order valence-electron chi connectivity index (χ4n) is 4.96. The molecule has 0 N–H and O–H groups in total. The van der Waals surface area contributed by atoms with Crippen molar-refractivity contribution in [2.45, 2.75) is 39.0 Å². The fraction of sp³-hybridized carbons (Fsp3) is 0.214. The Kier molecular flexibility index (Phi) is 4.06. The number of rotatable bonds is 1. The molecular formula is C28H24N2S. The van der Waals surface area contributed by atoms with Gasteiger partial charge in [0, 0.05) is 50.2 Å². The molecule has 0 aliphatic heterocycles. The van der Waals surface area contributed by atoms with Gasteiger partial charge in [0.05, 0.1) is 5.69 Å². The van der Waals surface area contributed by atoms with Crippen LogP contribution in [0.2, 0.25) is 0 Å². The molecule has 0 amide bonds. The summed E-state index contributed by atoms with van der Waals surface area (Å²) in [5.74, 6) is 0. The number of pyridine rings is 2. The number of aryl methyl sites for hydroxylation is 2. The molecule has 0 fully saturated rings. The molecule has 0 unspecified atom stereocenters. The van der Waals surface area contributed by atoms with Gasteiger partial charge in [-0.05, 0) is 64.4 Å². The number of hydrogen-bond acceptors (Lipinski definition) is 3. The Bertz CT molecular complexity index is 1470. The van der Waals surface area contributed by atoms with Crippen molar-refractivity contribution >= 4 is 32.2 Å². The van der Waals surface area contributed by atoms with E-state index < -0.39 is 0 Å². The third-order valence-electron chi connectivity index (χ3n) is 6.42. The van der Waals surface area contributed by atoms with Gasteiger partial charge in [-0.1, -0.05) is 45.0 Å². The van der Waals surface area contributed by atoms with E-state index in [1.165, 1.54) is 53.6 Å². The first-order valence-corrected chi connectivity index (χ1v) is 11.7. The summed E-state index contributed by atoms with van der Waals surface area (Å²) in [7, 11) is 0. The number of aromatic nitrogens is 2. The number of thiophene rings is 1. The second-order valence-electron chi connectivity index (χ2n) is 9.46. The van der Waals surface area contributed by atoms with Gasteiger partial charge in [-0.15, -0.1) is 11.3 Å². The van der Waals surface area contributed by atoms with Gasteiger partial charge in [0.15, 0.2) is 0 Å². The minimum Gasteiger partial charge on any atom is -0.264 e. The van der Waals surface area contributed by atoms with Gasteiger partial charge in [0.25, 0.3) is 0 Å².